The molecule has 1 atom stereocenters. The standard InChI is InChI=1S/C11H11ClO3.C2H7N/c1-7-2-11(15-6-9-5-14-9)8(4-13)3-10(7)12;1-3-2/h2-4,9H,5-6H2,1H3;3H,1-2H3/t9-;/m0./s1. The molecule has 1 aliphatic rings. The van der Waals surface area contributed by atoms with Crippen molar-refractivity contribution in [1.82, 2.24) is 5.32 Å². The highest BCUT2D eigenvalue weighted by Gasteiger charge is 2.23. The molecule has 0 saturated carbocycles. The average molecular weight is 272 g/mol. The molecule has 0 spiro atoms. The van der Waals surface area contributed by atoms with E-state index in [1.54, 1.807) is 12.1 Å². The van der Waals surface area contributed by atoms with Gasteiger partial charge in [0.2, 0.25) is 0 Å². The molecule has 5 heteroatoms. The second kappa shape index (κ2) is 7.36. The number of carbonyl (C=O) groups excluding carboxylic acids is 1. The number of hydrogen-bond acceptors (Lipinski definition) is 4. The molecule has 18 heavy (non-hydrogen) atoms. The van der Waals surface area contributed by atoms with E-state index in [-0.39, 0.29) is 6.10 Å². The molecular formula is C13H18ClNO3. The summed E-state index contributed by atoms with van der Waals surface area (Å²) in [5, 5.41) is 3.33. The number of aryl methyl sites for hydroxylation is 1. The monoisotopic (exact) mass is 271 g/mol. The van der Waals surface area contributed by atoms with Crippen LogP contribution in [0.1, 0.15) is 15.9 Å². The SMILES string of the molecule is CNC.Cc1cc(OC[C@@H]2CO2)c(C=O)cc1Cl. The highest BCUT2D eigenvalue weighted by molar-refractivity contribution is 6.31. The van der Waals surface area contributed by atoms with Crippen molar-refractivity contribution >= 4 is 17.9 Å². The molecule has 2 rings (SSSR count). The van der Waals surface area contributed by atoms with Crippen LogP contribution in [0.3, 0.4) is 0 Å². The third-order valence-electron chi connectivity index (χ3n) is 2.25. The van der Waals surface area contributed by atoms with Crippen LogP contribution >= 0.6 is 11.6 Å². The first kappa shape index (κ1) is 15.0. The van der Waals surface area contributed by atoms with Gasteiger partial charge >= 0.3 is 0 Å². The van der Waals surface area contributed by atoms with Crippen molar-refractivity contribution in [3.8, 4) is 5.75 Å². The van der Waals surface area contributed by atoms with Crippen molar-refractivity contribution in [3.63, 3.8) is 0 Å². The summed E-state index contributed by atoms with van der Waals surface area (Å²) in [7, 11) is 3.75. The topological polar surface area (TPSA) is 50.9 Å². The van der Waals surface area contributed by atoms with E-state index < -0.39 is 0 Å². The Kier molecular flexibility index (Phi) is 6.12. The number of carbonyl (C=O) groups is 1. The van der Waals surface area contributed by atoms with Gasteiger partial charge in [-0.3, -0.25) is 4.79 Å². The Hall–Kier alpha value is -1.10. The van der Waals surface area contributed by atoms with Crippen molar-refractivity contribution in [2.45, 2.75) is 13.0 Å². The fourth-order valence-electron chi connectivity index (χ4n) is 1.23. The highest BCUT2D eigenvalue weighted by atomic mass is 35.5. The van der Waals surface area contributed by atoms with E-state index in [0.29, 0.717) is 22.9 Å². The maximum Gasteiger partial charge on any atom is 0.153 e. The Morgan fingerprint density at radius 1 is 1.56 bits per heavy atom. The number of hydrogen-bond donors (Lipinski definition) is 1. The van der Waals surface area contributed by atoms with Crippen LogP contribution in [-0.2, 0) is 4.74 Å². The zero-order valence-corrected chi connectivity index (χ0v) is 11.6. The lowest BCUT2D eigenvalue weighted by molar-refractivity contribution is 0.111. The largest absolute Gasteiger partial charge is 0.490 e. The van der Waals surface area contributed by atoms with E-state index in [2.05, 4.69) is 5.32 Å². The van der Waals surface area contributed by atoms with Crippen molar-refractivity contribution in [3.05, 3.63) is 28.3 Å². The molecule has 1 aromatic rings. The second-order valence-corrected chi connectivity index (χ2v) is 4.43. The van der Waals surface area contributed by atoms with Crippen molar-refractivity contribution < 1.29 is 14.3 Å². The van der Waals surface area contributed by atoms with E-state index in [1.807, 2.05) is 21.0 Å². The summed E-state index contributed by atoms with van der Waals surface area (Å²) in [6.45, 7) is 3.10. The molecule has 0 aromatic heterocycles. The normalized spacial score (nSPS) is 16.6. The first-order valence-corrected chi connectivity index (χ1v) is 6.08. The van der Waals surface area contributed by atoms with E-state index in [1.165, 1.54) is 0 Å². The molecule has 0 bridgehead atoms. The zero-order chi connectivity index (χ0) is 13.5. The number of halogens is 1. The molecule has 0 unspecified atom stereocenters. The third kappa shape index (κ3) is 4.64. The number of ether oxygens (including phenoxy) is 2. The lowest BCUT2D eigenvalue weighted by atomic mass is 10.1. The van der Waals surface area contributed by atoms with Crippen LogP contribution in [0.4, 0.5) is 0 Å². The molecule has 4 nitrogen and oxygen atoms in total. The molecule has 0 aliphatic carbocycles. The minimum atomic E-state index is 0.181. The summed E-state index contributed by atoms with van der Waals surface area (Å²) in [4.78, 5) is 10.8. The molecule has 1 N–H and O–H groups in total. The quantitative estimate of drug-likeness (QED) is 0.673. The Bertz CT molecular complexity index is 405. The lowest BCUT2D eigenvalue weighted by Crippen LogP contribution is -2.06. The Labute approximate surface area is 112 Å². The summed E-state index contributed by atoms with van der Waals surface area (Å²) < 4.78 is 10.5. The van der Waals surface area contributed by atoms with Crippen molar-refractivity contribution in [1.29, 1.82) is 0 Å². The van der Waals surface area contributed by atoms with Gasteiger partial charge in [0.25, 0.3) is 0 Å². The predicted molar refractivity (Wildman–Crippen MR) is 71.8 cm³/mol. The number of benzene rings is 1. The van der Waals surface area contributed by atoms with E-state index in [9.17, 15) is 4.79 Å². The van der Waals surface area contributed by atoms with Crippen LogP contribution < -0.4 is 10.1 Å². The summed E-state index contributed by atoms with van der Waals surface area (Å²) in [6, 6.07) is 3.39. The predicted octanol–water partition coefficient (Wildman–Crippen LogP) is 2.07. The van der Waals surface area contributed by atoms with E-state index in [0.717, 1.165) is 18.5 Å². The molecule has 1 fully saturated rings. The second-order valence-electron chi connectivity index (χ2n) is 4.02. The van der Waals surface area contributed by atoms with Gasteiger partial charge in [-0.2, -0.15) is 0 Å². The molecule has 0 amide bonds. The van der Waals surface area contributed by atoms with Gasteiger partial charge < -0.3 is 14.8 Å². The van der Waals surface area contributed by atoms with Gasteiger partial charge in [-0.1, -0.05) is 11.6 Å². The van der Waals surface area contributed by atoms with Gasteiger partial charge in [-0.15, -0.1) is 0 Å². The molecule has 1 aliphatic heterocycles. The molecule has 1 saturated heterocycles. The van der Waals surface area contributed by atoms with Gasteiger partial charge in [0.1, 0.15) is 18.5 Å². The third-order valence-corrected chi connectivity index (χ3v) is 2.65. The summed E-state index contributed by atoms with van der Waals surface area (Å²) in [5.41, 5.74) is 1.38. The maximum absolute atomic E-state index is 10.8. The average Bonchev–Trinajstić information content (AvgIpc) is 3.15. The fraction of sp³-hybridized carbons (Fsp3) is 0.462. The van der Waals surface area contributed by atoms with Crippen molar-refractivity contribution in [2.24, 2.45) is 0 Å². The zero-order valence-electron chi connectivity index (χ0n) is 10.8. The van der Waals surface area contributed by atoms with Crippen LogP contribution in [-0.4, -0.2) is 39.7 Å². The smallest absolute Gasteiger partial charge is 0.153 e. The van der Waals surface area contributed by atoms with Gasteiger partial charge in [0, 0.05) is 5.02 Å². The van der Waals surface area contributed by atoms with Crippen LogP contribution in [0, 0.1) is 6.92 Å². The number of rotatable bonds is 4. The van der Waals surface area contributed by atoms with E-state index in [4.69, 9.17) is 21.1 Å². The van der Waals surface area contributed by atoms with Gasteiger partial charge in [-0.25, -0.2) is 0 Å². The Balaban J connectivity index is 0.000000492. The minimum absolute atomic E-state index is 0.181. The first-order chi connectivity index (χ1) is 8.62. The Morgan fingerprint density at radius 2 is 2.17 bits per heavy atom. The minimum Gasteiger partial charge on any atom is -0.490 e. The van der Waals surface area contributed by atoms with E-state index >= 15 is 0 Å². The maximum atomic E-state index is 10.8. The Morgan fingerprint density at radius 3 is 2.67 bits per heavy atom. The molecule has 100 valence electrons. The van der Waals surface area contributed by atoms with Crippen LogP contribution in [0.5, 0.6) is 5.75 Å². The molecule has 0 radical (unpaired) electrons. The van der Waals surface area contributed by atoms with Gasteiger partial charge in [0.05, 0.1) is 12.2 Å². The number of epoxide rings is 1. The number of aldehydes is 1. The van der Waals surface area contributed by atoms with Crippen LogP contribution in [0.2, 0.25) is 5.02 Å². The van der Waals surface area contributed by atoms with Crippen molar-refractivity contribution in [2.75, 3.05) is 27.3 Å². The lowest BCUT2D eigenvalue weighted by Gasteiger charge is -2.08. The summed E-state index contributed by atoms with van der Waals surface area (Å²) in [6.07, 6.45) is 0.925. The summed E-state index contributed by atoms with van der Waals surface area (Å²) in [5.74, 6) is 0.572. The fourth-order valence-corrected chi connectivity index (χ4v) is 1.41. The van der Waals surface area contributed by atoms with Gasteiger partial charge in [-0.05, 0) is 38.7 Å². The first-order valence-electron chi connectivity index (χ1n) is 5.70. The van der Waals surface area contributed by atoms with Crippen LogP contribution in [0.15, 0.2) is 12.1 Å². The highest BCUT2D eigenvalue weighted by Crippen LogP contribution is 2.26. The van der Waals surface area contributed by atoms with Gasteiger partial charge in [0.15, 0.2) is 6.29 Å². The summed E-state index contributed by atoms with van der Waals surface area (Å²) >= 11 is 5.90. The molecule has 1 aromatic carbocycles. The molecule has 1 heterocycles. The van der Waals surface area contributed by atoms with Crippen LogP contribution in [0.25, 0.3) is 0 Å². The number of nitrogens with one attached hydrogen (secondary N) is 1. The molecular weight excluding hydrogens is 254 g/mol.